The molecule has 2 heterocycles. The smallest absolute Gasteiger partial charge is 0.321 e. The Kier molecular flexibility index (Phi) is 6.66. The normalized spacial score (nSPS) is 16.8. The van der Waals surface area contributed by atoms with Crippen molar-refractivity contribution in [2.45, 2.75) is 26.0 Å². The lowest BCUT2D eigenvalue weighted by atomic mass is 10.0. The molecule has 0 spiro atoms. The fraction of sp³-hybridized carbons (Fsp3) is 0.320. The van der Waals surface area contributed by atoms with Gasteiger partial charge in [-0.05, 0) is 62.9 Å². The van der Waals surface area contributed by atoms with Crippen LogP contribution in [0, 0.1) is 0 Å². The highest BCUT2D eigenvalue weighted by Crippen LogP contribution is 2.27. The molecule has 7 heteroatoms. The Labute approximate surface area is 188 Å². The van der Waals surface area contributed by atoms with Crippen molar-refractivity contribution in [1.82, 2.24) is 19.8 Å². The van der Waals surface area contributed by atoms with Gasteiger partial charge in [0.1, 0.15) is 11.5 Å². The van der Waals surface area contributed by atoms with Crippen LogP contribution in [0.4, 0.5) is 0 Å². The van der Waals surface area contributed by atoms with Gasteiger partial charge < -0.3 is 14.4 Å². The number of hydrogen-bond donors (Lipinski definition) is 0. The number of piperazine rings is 1. The number of ether oxygens (including phenoxy) is 2. The zero-order chi connectivity index (χ0) is 22.5. The van der Waals surface area contributed by atoms with Crippen molar-refractivity contribution in [2.24, 2.45) is 0 Å². The molecule has 32 heavy (non-hydrogen) atoms. The van der Waals surface area contributed by atoms with Crippen molar-refractivity contribution in [3.8, 4) is 17.5 Å². The summed E-state index contributed by atoms with van der Waals surface area (Å²) in [6.45, 7) is 6.12. The number of aromatic nitrogens is 2. The number of rotatable bonds is 6. The fourth-order valence-electron chi connectivity index (χ4n) is 3.78. The van der Waals surface area contributed by atoms with Gasteiger partial charge in [-0.15, -0.1) is 0 Å². The summed E-state index contributed by atoms with van der Waals surface area (Å²) in [4.78, 5) is 25.6. The Morgan fingerprint density at radius 2 is 1.75 bits per heavy atom. The minimum Gasteiger partial charge on any atom is -0.491 e. The quantitative estimate of drug-likeness (QED) is 0.582. The lowest BCUT2D eigenvalue weighted by molar-refractivity contribution is 0.0545. The number of benzene rings is 2. The van der Waals surface area contributed by atoms with Crippen LogP contribution in [0.15, 0.2) is 67.0 Å². The van der Waals surface area contributed by atoms with Crippen molar-refractivity contribution in [2.75, 3.05) is 26.7 Å². The maximum Gasteiger partial charge on any atom is 0.321 e. The maximum absolute atomic E-state index is 13.3. The summed E-state index contributed by atoms with van der Waals surface area (Å²) in [5, 5.41) is 0. The Bertz CT molecular complexity index is 1040. The van der Waals surface area contributed by atoms with Gasteiger partial charge in [-0.25, -0.2) is 9.97 Å². The molecule has 1 aromatic heterocycles. The molecular formula is C25H28N4O3. The van der Waals surface area contributed by atoms with E-state index in [-0.39, 0.29) is 24.1 Å². The monoisotopic (exact) mass is 432 g/mol. The zero-order valence-corrected chi connectivity index (χ0v) is 18.6. The molecule has 2 aromatic carbocycles. The van der Waals surface area contributed by atoms with Crippen LogP contribution in [0.25, 0.3) is 0 Å². The molecule has 1 saturated heterocycles. The van der Waals surface area contributed by atoms with Crippen LogP contribution in [0.5, 0.6) is 17.5 Å². The molecule has 1 atom stereocenters. The molecule has 1 fully saturated rings. The number of carbonyl (C=O) groups is 1. The number of amides is 1. The maximum atomic E-state index is 13.3. The summed E-state index contributed by atoms with van der Waals surface area (Å²) in [6.07, 6.45) is 3.37. The second kappa shape index (κ2) is 9.78. The molecule has 3 aromatic rings. The third-order valence-corrected chi connectivity index (χ3v) is 5.40. The first kappa shape index (κ1) is 21.8. The van der Waals surface area contributed by atoms with Crippen molar-refractivity contribution >= 4 is 5.91 Å². The van der Waals surface area contributed by atoms with Crippen LogP contribution in [-0.2, 0) is 0 Å². The average molecular weight is 433 g/mol. The lowest BCUT2D eigenvalue weighted by Crippen LogP contribution is -2.49. The van der Waals surface area contributed by atoms with E-state index in [0.717, 1.165) is 12.3 Å². The van der Waals surface area contributed by atoms with Crippen molar-refractivity contribution in [1.29, 1.82) is 0 Å². The molecule has 0 bridgehead atoms. The van der Waals surface area contributed by atoms with Gasteiger partial charge in [0, 0.05) is 37.6 Å². The molecule has 0 radical (unpaired) electrons. The first-order chi connectivity index (χ1) is 15.5. The highest BCUT2D eigenvalue weighted by molar-refractivity contribution is 5.94. The van der Waals surface area contributed by atoms with E-state index in [1.807, 2.05) is 43.0 Å². The van der Waals surface area contributed by atoms with Crippen LogP contribution in [0.1, 0.15) is 35.8 Å². The average Bonchev–Trinajstić information content (AvgIpc) is 2.80. The van der Waals surface area contributed by atoms with Crippen LogP contribution in [-0.4, -0.2) is 58.5 Å². The van der Waals surface area contributed by atoms with Crippen LogP contribution >= 0.6 is 0 Å². The molecule has 1 aliphatic heterocycles. The van der Waals surface area contributed by atoms with Gasteiger partial charge in [0.05, 0.1) is 12.1 Å². The molecule has 4 rings (SSSR count). The number of carbonyl (C=O) groups excluding carboxylic acids is 1. The van der Waals surface area contributed by atoms with Crippen LogP contribution in [0.3, 0.4) is 0 Å². The summed E-state index contributed by atoms with van der Waals surface area (Å²) in [7, 11) is 2.10. The Hall–Kier alpha value is -3.45. The number of hydrogen-bond acceptors (Lipinski definition) is 6. The minimum atomic E-state index is -0.0118. The highest BCUT2D eigenvalue weighted by atomic mass is 16.5. The van der Waals surface area contributed by atoms with E-state index in [4.69, 9.17) is 9.47 Å². The van der Waals surface area contributed by atoms with Gasteiger partial charge in [-0.2, -0.15) is 0 Å². The molecule has 166 valence electrons. The fourth-order valence-corrected chi connectivity index (χ4v) is 3.78. The van der Waals surface area contributed by atoms with Crippen molar-refractivity contribution < 1.29 is 14.3 Å². The summed E-state index contributed by atoms with van der Waals surface area (Å²) in [6, 6.07) is 17.4. The molecular weight excluding hydrogens is 404 g/mol. The van der Waals surface area contributed by atoms with Crippen LogP contribution in [0.2, 0.25) is 0 Å². The Morgan fingerprint density at radius 1 is 1.00 bits per heavy atom. The molecule has 1 amide bonds. The Morgan fingerprint density at radius 3 is 2.47 bits per heavy atom. The van der Waals surface area contributed by atoms with Crippen molar-refractivity contribution in [3.05, 3.63) is 78.1 Å². The molecule has 7 nitrogen and oxygen atoms in total. The van der Waals surface area contributed by atoms with Crippen LogP contribution < -0.4 is 9.47 Å². The molecule has 0 N–H and O–H groups in total. The summed E-state index contributed by atoms with van der Waals surface area (Å²) >= 11 is 0. The number of likely N-dealkylation sites (N-methyl/N-ethyl adjacent to an activating group) is 1. The molecule has 1 unspecified atom stereocenters. The van der Waals surface area contributed by atoms with E-state index in [1.54, 1.807) is 30.6 Å². The first-order valence-corrected chi connectivity index (χ1v) is 10.8. The van der Waals surface area contributed by atoms with E-state index in [9.17, 15) is 4.79 Å². The standard InChI is InChI=1S/C25H28N4O3/c1-18(2)31-21-10-8-19(9-11-21)23-17-29(15-14-28(23)3)24(30)20-6-4-7-22(16-20)32-25-26-12-5-13-27-25/h4-13,16,18,23H,14-15,17H2,1-3H3. The van der Waals surface area contributed by atoms with E-state index >= 15 is 0 Å². The molecule has 1 aliphatic rings. The van der Waals surface area contributed by atoms with Gasteiger partial charge in [0.2, 0.25) is 0 Å². The predicted molar refractivity (Wildman–Crippen MR) is 122 cm³/mol. The van der Waals surface area contributed by atoms with Gasteiger partial charge in [-0.3, -0.25) is 9.69 Å². The third-order valence-electron chi connectivity index (χ3n) is 5.40. The molecule has 0 aliphatic carbocycles. The lowest BCUT2D eigenvalue weighted by Gasteiger charge is -2.39. The van der Waals surface area contributed by atoms with E-state index in [1.165, 1.54) is 5.56 Å². The second-order valence-electron chi connectivity index (χ2n) is 8.14. The van der Waals surface area contributed by atoms with Crippen molar-refractivity contribution in [3.63, 3.8) is 0 Å². The largest absolute Gasteiger partial charge is 0.491 e. The van der Waals surface area contributed by atoms with E-state index < -0.39 is 0 Å². The van der Waals surface area contributed by atoms with Gasteiger partial charge in [-0.1, -0.05) is 18.2 Å². The second-order valence-corrected chi connectivity index (χ2v) is 8.14. The van der Waals surface area contributed by atoms with Gasteiger partial charge in [0.25, 0.3) is 5.91 Å². The molecule has 0 saturated carbocycles. The zero-order valence-electron chi connectivity index (χ0n) is 18.6. The minimum absolute atomic E-state index is 0.0118. The SMILES string of the molecule is CC(C)Oc1ccc(C2CN(C(=O)c3cccc(Oc4ncccn4)c3)CCN2C)cc1. The summed E-state index contributed by atoms with van der Waals surface area (Å²) in [5.41, 5.74) is 1.75. The van der Waals surface area contributed by atoms with E-state index in [0.29, 0.717) is 24.4 Å². The first-order valence-electron chi connectivity index (χ1n) is 10.8. The van der Waals surface area contributed by atoms with Gasteiger partial charge >= 0.3 is 6.01 Å². The topological polar surface area (TPSA) is 67.8 Å². The predicted octanol–water partition coefficient (Wildman–Crippen LogP) is 4.19. The van der Waals surface area contributed by atoms with Gasteiger partial charge in [0.15, 0.2) is 0 Å². The highest BCUT2D eigenvalue weighted by Gasteiger charge is 2.29. The third kappa shape index (κ3) is 5.23. The summed E-state index contributed by atoms with van der Waals surface area (Å²) in [5.74, 6) is 1.38. The summed E-state index contributed by atoms with van der Waals surface area (Å²) < 4.78 is 11.4. The number of nitrogens with zero attached hydrogens (tertiary/aromatic N) is 4. The van der Waals surface area contributed by atoms with E-state index in [2.05, 4.69) is 34.0 Å². The Balaban J connectivity index is 1.47.